The fourth-order valence-corrected chi connectivity index (χ4v) is 1.30. The average Bonchev–Trinajstić information content (AvgIpc) is 2.72. The van der Waals surface area contributed by atoms with Gasteiger partial charge in [-0.15, -0.1) is 10.2 Å². The molecule has 0 unspecified atom stereocenters. The van der Waals surface area contributed by atoms with Gasteiger partial charge in [0.25, 0.3) is 0 Å². The molecule has 1 amide bonds. The topological polar surface area (TPSA) is 84.2 Å². The van der Waals surface area contributed by atoms with Gasteiger partial charge in [-0.25, -0.2) is 4.98 Å². The van der Waals surface area contributed by atoms with E-state index in [1.54, 1.807) is 23.1 Å². The predicted molar refractivity (Wildman–Crippen MR) is 58.0 cm³/mol. The summed E-state index contributed by atoms with van der Waals surface area (Å²) in [6.45, 7) is 2.63. The quantitative estimate of drug-likeness (QED) is 0.689. The van der Waals surface area contributed by atoms with Gasteiger partial charge < -0.3 is 10.6 Å². The highest BCUT2D eigenvalue weighted by atomic mass is 16.1. The van der Waals surface area contributed by atoms with Gasteiger partial charge in [-0.1, -0.05) is 0 Å². The zero-order valence-electron chi connectivity index (χ0n) is 8.84. The molecule has 0 aliphatic heterocycles. The van der Waals surface area contributed by atoms with Gasteiger partial charge in [-0.3, -0.25) is 9.20 Å². The first kappa shape index (κ1) is 10.3. The standard InChI is InChI=1S/C9H12N6O/c1-7(16)10-2-3-11-8-9-14-13-6-15(9)5-4-12-8/h4-6H,2-3H2,1H3,(H,10,16)(H,11,12). The highest BCUT2D eigenvalue weighted by Gasteiger charge is 2.03. The number of anilines is 1. The van der Waals surface area contributed by atoms with E-state index in [0.717, 1.165) is 0 Å². The number of aromatic nitrogens is 4. The molecule has 0 spiro atoms. The zero-order valence-corrected chi connectivity index (χ0v) is 8.84. The van der Waals surface area contributed by atoms with Crippen molar-refractivity contribution in [2.24, 2.45) is 0 Å². The van der Waals surface area contributed by atoms with Gasteiger partial charge in [-0.05, 0) is 0 Å². The SMILES string of the molecule is CC(=O)NCCNc1nccn2cnnc12. The maximum absolute atomic E-state index is 10.6. The number of nitrogens with one attached hydrogen (secondary N) is 2. The lowest BCUT2D eigenvalue weighted by Crippen LogP contribution is -2.26. The second-order valence-electron chi connectivity index (χ2n) is 3.25. The van der Waals surface area contributed by atoms with Crippen LogP contribution in [0.3, 0.4) is 0 Å². The summed E-state index contributed by atoms with van der Waals surface area (Å²) in [6, 6.07) is 0. The minimum atomic E-state index is -0.0459. The van der Waals surface area contributed by atoms with E-state index in [2.05, 4.69) is 25.8 Å². The maximum atomic E-state index is 10.6. The Labute approximate surface area is 91.9 Å². The van der Waals surface area contributed by atoms with Crippen LogP contribution < -0.4 is 10.6 Å². The lowest BCUT2D eigenvalue weighted by molar-refractivity contribution is -0.118. The van der Waals surface area contributed by atoms with Crippen molar-refractivity contribution in [3.8, 4) is 0 Å². The van der Waals surface area contributed by atoms with Crippen LogP contribution in [0.2, 0.25) is 0 Å². The van der Waals surface area contributed by atoms with Crippen molar-refractivity contribution in [2.75, 3.05) is 18.4 Å². The fraction of sp³-hybridized carbons (Fsp3) is 0.333. The molecule has 2 rings (SSSR count). The molecule has 0 aliphatic rings. The Morgan fingerprint density at radius 3 is 3.19 bits per heavy atom. The number of carbonyl (C=O) groups is 1. The molecule has 0 aromatic carbocycles. The molecule has 7 nitrogen and oxygen atoms in total. The van der Waals surface area contributed by atoms with Gasteiger partial charge in [0.1, 0.15) is 6.33 Å². The second kappa shape index (κ2) is 4.56. The Morgan fingerprint density at radius 1 is 1.50 bits per heavy atom. The van der Waals surface area contributed by atoms with E-state index in [-0.39, 0.29) is 5.91 Å². The van der Waals surface area contributed by atoms with E-state index in [1.165, 1.54) is 6.92 Å². The molecule has 0 fully saturated rings. The Balaban J connectivity index is 1.98. The molecule has 2 aromatic rings. The third-order valence-electron chi connectivity index (χ3n) is 2.01. The summed E-state index contributed by atoms with van der Waals surface area (Å²) in [5.41, 5.74) is 0.672. The van der Waals surface area contributed by atoms with Gasteiger partial charge in [0.15, 0.2) is 5.82 Å². The molecule has 0 atom stereocenters. The zero-order chi connectivity index (χ0) is 11.4. The van der Waals surface area contributed by atoms with Gasteiger partial charge in [0.2, 0.25) is 11.6 Å². The number of hydrogen-bond donors (Lipinski definition) is 2. The summed E-state index contributed by atoms with van der Waals surface area (Å²) >= 11 is 0. The number of hydrogen-bond acceptors (Lipinski definition) is 5. The van der Waals surface area contributed by atoms with Gasteiger partial charge in [0, 0.05) is 32.4 Å². The third-order valence-corrected chi connectivity index (χ3v) is 2.01. The first-order valence-electron chi connectivity index (χ1n) is 4.90. The first-order chi connectivity index (χ1) is 7.77. The van der Waals surface area contributed by atoms with Crippen molar-refractivity contribution in [3.05, 3.63) is 18.7 Å². The number of nitrogens with zero attached hydrogens (tertiary/aromatic N) is 4. The molecule has 2 N–H and O–H groups in total. The van der Waals surface area contributed by atoms with Crippen molar-refractivity contribution in [2.45, 2.75) is 6.92 Å². The van der Waals surface area contributed by atoms with Gasteiger partial charge in [-0.2, -0.15) is 0 Å². The molecule has 7 heteroatoms. The van der Waals surface area contributed by atoms with Crippen LogP contribution in [0.4, 0.5) is 5.82 Å². The van der Waals surface area contributed by atoms with E-state index < -0.39 is 0 Å². The lowest BCUT2D eigenvalue weighted by atomic mass is 10.5. The normalized spacial score (nSPS) is 10.3. The molecular formula is C9H12N6O. The van der Waals surface area contributed by atoms with Crippen LogP contribution in [-0.2, 0) is 4.79 Å². The van der Waals surface area contributed by atoms with Crippen molar-refractivity contribution in [1.82, 2.24) is 24.9 Å². The van der Waals surface area contributed by atoms with Gasteiger partial charge >= 0.3 is 0 Å². The summed E-state index contributed by atoms with van der Waals surface area (Å²) in [5.74, 6) is 0.612. The van der Waals surface area contributed by atoms with E-state index in [9.17, 15) is 4.79 Å². The van der Waals surface area contributed by atoms with Crippen LogP contribution in [0.15, 0.2) is 18.7 Å². The van der Waals surface area contributed by atoms with E-state index in [0.29, 0.717) is 24.6 Å². The number of fused-ring (bicyclic) bond motifs is 1. The summed E-state index contributed by atoms with van der Waals surface area (Å²) in [4.78, 5) is 14.8. The molecule has 0 radical (unpaired) electrons. The highest BCUT2D eigenvalue weighted by Crippen LogP contribution is 2.08. The Hall–Kier alpha value is -2.18. The number of amides is 1. The Bertz CT molecular complexity index is 493. The monoisotopic (exact) mass is 220 g/mol. The summed E-state index contributed by atoms with van der Waals surface area (Å²) in [6.07, 6.45) is 5.04. The van der Waals surface area contributed by atoms with Crippen molar-refractivity contribution in [1.29, 1.82) is 0 Å². The van der Waals surface area contributed by atoms with Crippen LogP contribution in [0, 0.1) is 0 Å². The van der Waals surface area contributed by atoms with Gasteiger partial charge in [0.05, 0.1) is 0 Å². The molecule has 0 saturated heterocycles. The minimum Gasteiger partial charge on any atom is -0.365 e. The Kier molecular flexibility index (Phi) is 2.95. The highest BCUT2D eigenvalue weighted by molar-refractivity contribution is 5.72. The third kappa shape index (κ3) is 2.25. The Morgan fingerprint density at radius 2 is 2.38 bits per heavy atom. The largest absolute Gasteiger partial charge is 0.365 e. The molecule has 0 saturated carbocycles. The average molecular weight is 220 g/mol. The van der Waals surface area contributed by atoms with Crippen LogP contribution in [-0.4, -0.2) is 38.6 Å². The van der Waals surface area contributed by atoms with Crippen molar-refractivity contribution >= 4 is 17.4 Å². The van der Waals surface area contributed by atoms with Crippen molar-refractivity contribution < 1.29 is 4.79 Å². The summed E-state index contributed by atoms with van der Waals surface area (Å²) < 4.78 is 1.77. The van der Waals surface area contributed by atoms with Crippen LogP contribution in [0.1, 0.15) is 6.92 Å². The lowest BCUT2D eigenvalue weighted by Gasteiger charge is -2.06. The molecule has 0 bridgehead atoms. The van der Waals surface area contributed by atoms with E-state index in [4.69, 9.17) is 0 Å². The summed E-state index contributed by atoms with van der Waals surface area (Å²) in [5, 5.41) is 13.5. The molecule has 0 aliphatic carbocycles. The van der Waals surface area contributed by atoms with Crippen LogP contribution >= 0.6 is 0 Å². The molecule has 84 valence electrons. The number of carbonyl (C=O) groups excluding carboxylic acids is 1. The molecular weight excluding hydrogens is 208 g/mol. The smallest absolute Gasteiger partial charge is 0.216 e. The maximum Gasteiger partial charge on any atom is 0.216 e. The van der Waals surface area contributed by atoms with Crippen LogP contribution in [0.25, 0.3) is 5.65 Å². The molecule has 2 heterocycles. The van der Waals surface area contributed by atoms with E-state index >= 15 is 0 Å². The van der Waals surface area contributed by atoms with Crippen molar-refractivity contribution in [3.63, 3.8) is 0 Å². The fourth-order valence-electron chi connectivity index (χ4n) is 1.30. The molecule has 2 aromatic heterocycles. The summed E-state index contributed by atoms with van der Waals surface area (Å²) in [7, 11) is 0. The second-order valence-corrected chi connectivity index (χ2v) is 3.25. The number of rotatable bonds is 4. The first-order valence-corrected chi connectivity index (χ1v) is 4.90. The van der Waals surface area contributed by atoms with E-state index in [1.807, 2.05) is 0 Å². The predicted octanol–water partition coefficient (Wildman–Crippen LogP) is -0.328. The minimum absolute atomic E-state index is 0.0459. The molecule has 16 heavy (non-hydrogen) atoms. The van der Waals surface area contributed by atoms with Crippen LogP contribution in [0.5, 0.6) is 0 Å².